The maximum atomic E-state index is 5.81. The van der Waals surface area contributed by atoms with Gasteiger partial charge in [0, 0.05) is 6.61 Å². The Morgan fingerprint density at radius 3 is 2.81 bits per heavy atom. The van der Waals surface area contributed by atoms with E-state index in [1.165, 1.54) is 19.3 Å². The Morgan fingerprint density at radius 2 is 2.19 bits per heavy atom. The van der Waals surface area contributed by atoms with E-state index in [9.17, 15) is 0 Å². The van der Waals surface area contributed by atoms with Crippen LogP contribution in [0.2, 0.25) is 0 Å². The second kappa shape index (κ2) is 5.21. The molecule has 0 amide bonds. The van der Waals surface area contributed by atoms with Crippen molar-refractivity contribution in [2.45, 2.75) is 25.9 Å². The first-order chi connectivity index (χ1) is 7.79. The zero-order valence-electron chi connectivity index (χ0n) is 9.74. The molecule has 0 saturated heterocycles. The molecule has 0 aromatic heterocycles. The van der Waals surface area contributed by atoms with Crippen LogP contribution in [0.5, 0.6) is 5.75 Å². The highest BCUT2D eigenvalue weighted by Crippen LogP contribution is 2.32. The first kappa shape index (κ1) is 11.3. The van der Waals surface area contributed by atoms with E-state index in [2.05, 4.69) is 0 Å². The number of anilines is 1. The Kier molecular flexibility index (Phi) is 3.67. The van der Waals surface area contributed by atoms with E-state index in [-0.39, 0.29) is 0 Å². The van der Waals surface area contributed by atoms with Crippen molar-refractivity contribution in [3.63, 3.8) is 0 Å². The molecule has 1 fully saturated rings. The van der Waals surface area contributed by atoms with Crippen LogP contribution >= 0.6 is 0 Å². The maximum Gasteiger partial charge on any atom is 0.141 e. The molecular weight excluding hydrogens is 202 g/mol. The summed E-state index contributed by atoms with van der Waals surface area (Å²) in [6.45, 7) is 1.50. The molecule has 1 saturated carbocycles. The lowest BCUT2D eigenvalue weighted by Gasteiger charge is -2.07. The first-order valence-electron chi connectivity index (χ1n) is 5.79. The number of nitrogen functional groups attached to an aromatic ring is 1. The molecule has 0 bridgehead atoms. The van der Waals surface area contributed by atoms with Gasteiger partial charge < -0.3 is 15.2 Å². The lowest BCUT2D eigenvalue weighted by molar-refractivity contribution is 0.115. The molecular formula is C13H19NO2. The van der Waals surface area contributed by atoms with Gasteiger partial charge in [0.05, 0.1) is 19.4 Å². The average Bonchev–Trinajstić information content (AvgIpc) is 3.08. The quantitative estimate of drug-likeness (QED) is 0.593. The van der Waals surface area contributed by atoms with E-state index in [4.69, 9.17) is 15.2 Å². The van der Waals surface area contributed by atoms with Gasteiger partial charge in [0.2, 0.25) is 0 Å². The third-order valence-electron chi connectivity index (χ3n) is 2.93. The van der Waals surface area contributed by atoms with Crippen molar-refractivity contribution in [2.75, 3.05) is 19.5 Å². The van der Waals surface area contributed by atoms with Crippen molar-refractivity contribution >= 4 is 5.69 Å². The summed E-state index contributed by atoms with van der Waals surface area (Å²) in [6.07, 6.45) is 3.98. The molecule has 3 heteroatoms. The van der Waals surface area contributed by atoms with Gasteiger partial charge in [0.25, 0.3) is 0 Å². The van der Waals surface area contributed by atoms with E-state index in [1.807, 2.05) is 18.2 Å². The van der Waals surface area contributed by atoms with Gasteiger partial charge in [-0.25, -0.2) is 0 Å². The molecule has 1 aromatic rings. The number of ether oxygens (including phenoxy) is 2. The molecule has 1 aliphatic rings. The van der Waals surface area contributed by atoms with E-state index in [1.54, 1.807) is 7.11 Å². The summed E-state index contributed by atoms with van der Waals surface area (Å²) in [7, 11) is 1.62. The smallest absolute Gasteiger partial charge is 0.141 e. The standard InChI is InChI=1S/C13H19NO2/c1-15-13-5-4-11(8-12(13)14)9-16-7-6-10-2-3-10/h4-5,8,10H,2-3,6-7,9,14H2,1H3. The summed E-state index contributed by atoms with van der Waals surface area (Å²) in [5.41, 5.74) is 7.59. The summed E-state index contributed by atoms with van der Waals surface area (Å²) < 4.78 is 10.7. The normalized spacial score (nSPS) is 15.1. The van der Waals surface area contributed by atoms with Crippen molar-refractivity contribution in [1.29, 1.82) is 0 Å². The Balaban J connectivity index is 1.77. The highest BCUT2D eigenvalue weighted by molar-refractivity contribution is 5.54. The lowest BCUT2D eigenvalue weighted by Crippen LogP contribution is -1.98. The maximum absolute atomic E-state index is 5.81. The minimum absolute atomic E-state index is 0.640. The van der Waals surface area contributed by atoms with Gasteiger partial charge in [-0.3, -0.25) is 0 Å². The molecule has 0 radical (unpaired) electrons. The van der Waals surface area contributed by atoms with Crippen LogP contribution in [-0.2, 0) is 11.3 Å². The molecule has 1 aromatic carbocycles. The fourth-order valence-corrected chi connectivity index (χ4v) is 1.72. The molecule has 2 rings (SSSR count). The number of nitrogens with two attached hydrogens (primary N) is 1. The topological polar surface area (TPSA) is 44.5 Å². The molecule has 2 N–H and O–H groups in total. The van der Waals surface area contributed by atoms with Crippen molar-refractivity contribution in [3.8, 4) is 5.75 Å². The van der Waals surface area contributed by atoms with Gasteiger partial charge in [0.1, 0.15) is 5.75 Å². The molecule has 0 aliphatic heterocycles. The van der Waals surface area contributed by atoms with Crippen molar-refractivity contribution in [3.05, 3.63) is 23.8 Å². The fraction of sp³-hybridized carbons (Fsp3) is 0.538. The second-order valence-electron chi connectivity index (χ2n) is 4.36. The van der Waals surface area contributed by atoms with Crippen LogP contribution in [0.1, 0.15) is 24.8 Å². The fourth-order valence-electron chi connectivity index (χ4n) is 1.72. The lowest BCUT2D eigenvalue weighted by atomic mass is 10.2. The van der Waals surface area contributed by atoms with E-state index in [0.29, 0.717) is 12.3 Å². The Bertz CT molecular complexity index is 348. The van der Waals surface area contributed by atoms with E-state index in [0.717, 1.165) is 23.8 Å². The zero-order valence-corrected chi connectivity index (χ0v) is 9.74. The largest absolute Gasteiger partial charge is 0.495 e. The van der Waals surface area contributed by atoms with Gasteiger partial charge in [-0.15, -0.1) is 0 Å². The van der Waals surface area contributed by atoms with Crippen LogP contribution in [0.4, 0.5) is 5.69 Å². The Morgan fingerprint density at radius 1 is 1.38 bits per heavy atom. The number of rotatable bonds is 6. The highest BCUT2D eigenvalue weighted by atomic mass is 16.5. The van der Waals surface area contributed by atoms with Crippen LogP contribution in [0.3, 0.4) is 0 Å². The van der Waals surface area contributed by atoms with Crippen LogP contribution in [0.25, 0.3) is 0 Å². The summed E-state index contributed by atoms with van der Waals surface area (Å²) in [6, 6.07) is 5.79. The number of hydrogen-bond donors (Lipinski definition) is 1. The second-order valence-corrected chi connectivity index (χ2v) is 4.36. The predicted octanol–water partition coefficient (Wildman–Crippen LogP) is 2.59. The predicted molar refractivity (Wildman–Crippen MR) is 64.4 cm³/mol. The number of methoxy groups -OCH3 is 1. The number of benzene rings is 1. The van der Waals surface area contributed by atoms with E-state index < -0.39 is 0 Å². The molecule has 3 nitrogen and oxygen atoms in total. The monoisotopic (exact) mass is 221 g/mol. The Labute approximate surface area is 96.5 Å². The number of hydrogen-bond acceptors (Lipinski definition) is 3. The molecule has 0 unspecified atom stereocenters. The minimum Gasteiger partial charge on any atom is -0.495 e. The molecule has 16 heavy (non-hydrogen) atoms. The Hall–Kier alpha value is -1.22. The van der Waals surface area contributed by atoms with Crippen LogP contribution in [0, 0.1) is 5.92 Å². The van der Waals surface area contributed by atoms with E-state index >= 15 is 0 Å². The summed E-state index contributed by atoms with van der Waals surface area (Å²) >= 11 is 0. The molecule has 0 atom stereocenters. The van der Waals surface area contributed by atoms with Gasteiger partial charge in [-0.2, -0.15) is 0 Å². The summed E-state index contributed by atoms with van der Waals surface area (Å²) in [4.78, 5) is 0. The molecule has 88 valence electrons. The molecule has 0 heterocycles. The van der Waals surface area contributed by atoms with Gasteiger partial charge in [-0.1, -0.05) is 18.9 Å². The minimum atomic E-state index is 0.640. The summed E-state index contributed by atoms with van der Waals surface area (Å²) in [5, 5.41) is 0. The van der Waals surface area contributed by atoms with Crippen LogP contribution in [0.15, 0.2) is 18.2 Å². The highest BCUT2D eigenvalue weighted by Gasteiger charge is 2.20. The first-order valence-corrected chi connectivity index (χ1v) is 5.79. The average molecular weight is 221 g/mol. The van der Waals surface area contributed by atoms with Gasteiger partial charge >= 0.3 is 0 Å². The molecule has 0 spiro atoms. The summed E-state index contributed by atoms with van der Waals surface area (Å²) in [5.74, 6) is 1.66. The van der Waals surface area contributed by atoms with Crippen molar-refractivity contribution in [1.82, 2.24) is 0 Å². The third kappa shape index (κ3) is 3.14. The van der Waals surface area contributed by atoms with Crippen LogP contribution in [-0.4, -0.2) is 13.7 Å². The third-order valence-corrected chi connectivity index (χ3v) is 2.93. The van der Waals surface area contributed by atoms with Crippen molar-refractivity contribution < 1.29 is 9.47 Å². The van der Waals surface area contributed by atoms with Crippen molar-refractivity contribution in [2.24, 2.45) is 5.92 Å². The zero-order chi connectivity index (χ0) is 11.4. The molecule has 1 aliphatic carbocycles. The van der Waals surface area contributed by atoms with Gasteiger partial charge in [-0.05, 0) is 30.0 Å². The van der Waals surface area contributed by atoms with Crippen LogP contribution < -0.4 is 10.5 Å². The van der Waals surface area contributed by atoms with Gasteiger partial charge in [0.15, 0.2) is 0 Å². The SMILES string of the molecule is COc1ccc(COCCC2CC2)cc1N.